The van der Waals surface area contributed by atoms with E-state index in [2.05, 4.69) is 30.6 Å². The summed E-state index contributed by atoms with van der Waals surface area (Å²) in [6.07, 6.45) is 3.56. The van der Waals surface area contributed by atoms with Crippen LogP contribution >= 0.6 is 23.2 Å². The average molecular weight is 462 g/mol. The van der Waals surface area contributed by atoms with Gasteiger partial charge in [-0.3, -0.25) is 4.98 Å². The Morgan fingerprint density at radius 3 is 2.74 bits per heavy atom. The third kappa shape index (κ3) is 5.69. The van der Waals surface area contributed by atoms with Crippen LogP contribution in [0.4, 0.5) is 4.79 Å². The molecule has 0 spiro atoms. The molecule has 0 radical (unpaired) electrons. The summed E-state index contributed by atoms with van der Waals surface area (Å²) < 4.78 is 6.01. The molecule has 0 bridgehead atoms. The topological polar surface area (TPSA) is 98.1 Å². The Morgan fingerprint density at radius 1 is 1.16 bits per heavy atom. The summed E-state index contributed by atoms with van der Waals surface area (Å²) in [4.78, 5) is 19.6. The fourth-order valence-corrected chi connectivity index (χ4v) is 3.57. The second kappa shape index (κ2) is 10.0. The van der Waals surface area contributed by atoms with Crippen molar-refractivity contribution in [2.24, 2.45) is 0 Å². The van der Waals surface area contributed by atoms with E-state index in [4.69, 9.17) is 27.9 Å². The van der Waals surface area contributed by atoms with Crippen molar-refractivity contribution in [3.8, 4) is 17.3 Å². The minimum absolute atomic E-state index is 0.132. The molecule has 1 N–H and O–H groups in total. The lowest BCUT2D eigenvalue weighted by molar-refractivity contribution is 0.101. The maximum atomic E-state index is 12.2. The van der Waals surface area contributed by atoms with E-state index in [1.54, 1.807) is 30.5 Å². The van der Waals surface area contributed by atoms with E-state index in [1.165, 1.54) is 0 Å². The lowest BCUT2D eigenvalue weighted by Gasteiger charge is -2.32. The Morgan fingerprint density at radius 2 is 2.00 bits per heavy atom. The molecule has 1 aliphatic rings. The number of nitrogens with zero attached hydrogens (tertiary/aromatic N) is 6. The van der Waals surface area contributed by atoms with Crippen LogP contribution in [0.25, 0.3) is 11.5 Å². The summed E-state index contributed by atoms with van der Waals surface area (Å²) >= 11 is 12.0. The molecule has 1 fully saturated rings. The van der Waals surface area contributed by atoms with Crippen LogP contribution in [0.3, 0.4) is 0 Å². The standard InChI is InChI=1S/C20H21Cl2N7O2/c21-16-5-4-15(13-17(16)22)31-14-6-10-28(11-7-14)12-9-24-20(30)29-26-19(25-27-29)18-3-1-2-8-23-18/h1-5,8,13-14H,6-7,9-12H2,(H,24,30). The summed E-state index contributed by atoms with van der Waals surface area (Å²) in [5, 5.41) is 15.6. The first-order chi connectivity index (χ1) is 15.1. The minimum Gasteiger partial charge on any atom is -0.490 e. The van der Waals surface area contributed by atoms with Gasteiger partial charge in [-0.25, -0.2) is 4.79 Å². The number of amides is 1. The molecule has 3 aromatic rings. The van der Waals surface area contributed by atoms with Crippen LogP contribution < -0.4 is 10.1 Å². The van der Waals surface area contributed by atoms with Crippen molar-refractivity contribution in [2.45, 2.75) is 18.9 Å². The maximum absolute atomic E-state index is 12.2. The van der Waals surface area contributed by atoms with Gasteiger partial charge in [-0.2, -0.15) is 0 Å². The third-order valence-electron chi connectivity index (χ3n) is 4.92. The SMILES string of the molecule is O=C(NCCN1CCC(Oc2ccc(Cl)c(Cl)c2)CC1)n1nnc(-c2ccccn2)n1. The van der Waals surface area contributed by atoms with Crippen molar-refractivity contribution in [3.05, 3.63) is 52.6 Å². The molecule has 0 unspecified atom stereocenters. The first-order valence-electron chi connectivity index (χ1n) is 9.92. The van der Waals surface area contributed by atoms with Crippen molar-refractivity contribution in [2.75, 3.05) is 26.2 Å². The predicted molar refractivity (Wildman–Crippen MR) is 116 cm³/mol. The van der Waals surface area contributed by atoms with E-state index in [9.17, 15) is 4.79 Å². The molecule has 1 saturated heterocycles. The zero-order valence-corrected chi connectivity index (χ0v) is 18.1. The number of hydrogen-bond donors (Lipinski definition) is 1. The molecule has 2 aromatic heterocycles. The summed E-state index contributed by atoms with van der Waals surface area (Å²) in [6, 6.07) is 10.3. The van der Waals surface area contributed by atoms with Crippen molar-refractivity contribution in [1.29, 1.82) is 0 Å². The van der Waals surface area contributed by atoms with E-state index in [1.807, 2.05) is 12.1 Å². The van der Waals surface area contributed by atoms with E-state index < -0.39 is 6.03 Å². The molecule has 3 heterocycles. The third-order valence-corrected chi connectivity index (χ3v) is 5.66. The van der Waals surface area contributed by atoms with E-state index in [0.717, 1.165) is 43.0 Å². The maximum Gasteiger partial charge on any atom is 0.360 e. The highest BCUT2D eigenvalue weighted by atomic mass is 35.5. The van der Waals surface area contributed by atoms with Crippen molar-refractivity contribution >= 4 is 29.2 Å². The van der Waals surface area contributed by atoms with Gasteiger partial charge < -0.3 is 15.0 Å². The van der Waals surface area contributed by atoms with Gasteiger partial charge in [0.05, 0.1) is 10.0 Å². The van der Waals surface area contributed by atoms with Crippen LogP contribution in [0.1, 0.15) is 12.8 Å². The van der Waals surface area contributed by atoms with Gasteiger partial charge in [-0.15, -0.1) is 10.2 Å². The first-order valence-corrected chi connectivity index (χ1v) is 10.7. The van der Waals surface area contributed by atoms with Crippen LogP contribution in [-0.4, -0.2) is 68.4 Å². The van der Waals surface area contributed by atoms with Gasteiger partial charge in [0.1, 0.15) is 17.5 Å². The number of piperidine rings is 1. The lowest BCUT2D eigenvalue weighted by atomic mass is 10.1. The molecule has 11 heteroatoms. The zero-order chi connectivity index (χ0) is 21.6. The molecule has 1 aromatic carbocycles. The molecule has 1 aliphatic heterocycles. The number of rotatable bonds is 6. The zero-order valence-electron chi connectivity index (χ0n) is 16.6. The highest BCUT2D eigenvalue weighted by molar-refractivity contribution is 6.42. The van der Waals surface area contributed by atoms with Gasteiger partial charge >= 0.3 is 6.03 Å². The van der Waals surface area contributed by atoms with Crippen LogP contribution in [0.15, 0.2) is 42.6 Å². The van der Waals surface area contributed by atoms with Gasteiger partial charge in [0.2, 0.25) is 5.82 Å². The van der Waals surface area contributed by atoms with Gasteiger partial charge in [0.25, 0.3) is 0 Å². The van der Waals surface area contributed by atoms with Crippen LogP contribution in [-0.2, 0) is 0 Å². The number of aromatic nitrogens is 5. The predicted octanol–water partition coefficient (Wildman–Crippen LogP) is 3.14. The molecule has 162 valence electrons. The van der Waals surface area contributed by atoms with E-state index in [-0.39, 0.29) is 6.10 Å². The molecule has 31 heavy (non-hydrogen) atoms. The van der Waals surface area contributed by atoms with E-state index in [0.29, 0.717) is 28.1 Å². The van der Waals surface area contributed by atoms with Crippen LogP contribution in [0, 0.1) is 0 Å². The van der Waals surface area contributed by atoms with Crippen molar-refractivity contribution in [1.82, 2.24) is 35.4 Å². The van der Waals surface area contributed by atoms with Crippen molar-refractivity contribution < 1.29 is 9.53 Å². The summed E-state index contributed by atoms with van der Waals surface area (Å²) in [5.41, 5.74) is 0.563. The number of benzene rings is 1. The molecule has 0 saturated carbocycles. The number of hydrogen-bond acceptors (Lipinski definition) is 7. The first kappa shape index (κ1) is 21.5. The average Bonchev–Trinajstić information content (AvgIpc) is 3.29. The van der Waals surface area contributed by atoms with Gasteiger partial charge in [0.15, 0.2) is 0 Å². The molecule has 9 nitrogen and oxygen atoms in total. The Hall–Kier alpha value is -2.75. The summed E-state index contributed by atoms with van der Waals surface area (Å²) in [5.74, 6) is 1.03. The molecule has 0 atom stereocenters. The number of tetrazole rings is 1. The minimum atomic E-state index is -0.424. The number of carbonyl (C=O) groups is 1. The molecular weight excluding hydrogens is 441 g/mol. The van der Waals surface area contributed by atoms with Gasteiger partial charge in [0, 0.05) is 38.4 Å². The van der Waals surface area contributed by atoms with Crippen LogP contribution in [0.5, 0.6) is 5.75 Å². The molecule has 0 aliphatic carbocycles. The van der Waals surface area contributed by atoms with Crippen molar-refractivity contribution in [3.63, 3.8) is 0 Å². The largest absolute Gasteiger partial charge is 0.490 e. The number of nitrogens with one attached hydrogen (secondary N) is 1. The molecule has 4 rings (SSSR count). The number of halogens is 2. The number of carbonyl (C=O) groups excluding carboxylic acids is 1. The number of pyridine rings is 1. The normalized spacial score (nSPS) is 15.0. The highest BCUT2D eigenvalue weighted by Crippen LogP contribution is 2.28. The summed E-state index contributed by atoms with van der Waals surface area (Å²) in [7, 11) is 0. The molecule has 1 amide bonds. The fourth-order valence-electron chi connectivity index (χ4n) is 3.28. The quantitative estimate of drug-likeness (QED) is 0.601. The smallest absolute Gasteiger partial charge is 0.360 e. The Labute approximate surface area is 189 Å². The Bertz CT molecular complexity index is 1020. The lowest BCUT2D eigenvalue weighted by Crippen LogP contribution is -2.43. The highest BCUT2D eigenvalue weighted by Gasteiger charge is 2.21. The number of likely N-dealkylation sites (tertiary alicyclic amines) is 1. The Kier molecular flexibility index (Phi) is 6.96. The van der Waals surface area contributed by atoms with Gasteiger partial charge in [-0.1, -0.05) is 34.1 Å². The number of ether oxygens (including phenoxy) is 1. The van der Waals surface area contributed by atoms with Gasteiger partial charge in [-0.05, 0) is 42.3 Å². The second-order valence-corrected chi connectivity index (χ2v) is 7.90. The fraction of sp³-hybridized carbons (Fsp3) is 0.350. The van der Waals surface area contributed by atoms with E-state index >= 15 is 0 Å². The second-order valence-electron chi connectivity index (χ2n) is 7.08. The Balaban J connectivity index is 1.18. The monoisotopic (exact) mass is 461 g/mol. The summed E-state index contributed by atoms with van der Waals surface area (Å²) in [6.45, 7) is 2.98. The van der Waals surface area contributed by atoms with Crippen LogP contribution in [0.2, 0.25) is 10.0 Å². The molecular formula is C20H21Cl2N7O2.